The van der Waals surface area contributed by atoms with Gasteiger partial charge in [-0.25, -0.2) is 0 Å². The molecule has 0 radical (unpaired) electrons. The van der Waals surface area contributed by atoms with Gasteiger partial charge < -0.3 is 14.2 Å². The van der Waals surface area contributed by atoms with E-state index in [0.29, 0.717) is 27.8 Å². The lowest BCUT2D eigenvalue weighted by Gasteiger charge is -2.12. The summed E-state index contributed by atoms with van der Waals surface area (Å²) in [6, 6.07) is 11.0. The second-order valence-electron chi connectivity index (χ2n) is 4.60. The molecule has 23 heavy (non-hydrogen) atoms. The minimum absolute atomic E-state index is 0.425. The van der Waals surface area contributed by atoms with Crippen molar-refractivity contribution < 1.29 is 14.2 Å². The lowest BCUT2D eigenvalue weighted by molar-refractivity contribution is 0.348. The van der Waals surface area contributed by atoms with E-state index in [1.165, 1.54) is 0 Å². The minimum Gasteiger partial charge on any atom is -0.496 e. The van der Waals surface area contributed by atoms with Crippen LogP contribution in [0.2, 0.25) is 5.02 Å². The summed E-state index contributed by atoms with van der Waals surface area (Å²) in [5.41, 5.74) is 1.97. The highest BCUT2D eigenvalue weighted by atomic mass is 35.5. The Morgan fingerprint density at radius 1 is 0.913 bits per heavy atom. The van der Waals surface area contributed by atoms with Gasteiger partial charge in [0, 0.05) is 11.6 Å². The molecule has 0 spiro atoms. The van der Waals surface area contributed by atoms with Crippen LogP contribution >= 0.6 is 11.6 Å². The minimum atomic E-state index is 0.425. The molecular formula is C18H16ClNO3. The van der Waals surface area contributed by atoms with Gasteiger partial charge in [-0.3, -0.25) is 0 Å². The van der Waals surface area contributed by atoms with Crippen LogP contribution in [0.4, 0.5) is 0 Å². The second kappa shape index (κ2) is 7.57. The Morgan fingerprint density at radius 2 is 1.52 bits per heavy atom. The summed E-state index contributed by atoms with van der Waals surface area (Å²) in [4.78, 5) is 0. The zero-order chi connectivity index (χ0) is 16.8. The molecule has 0 aliphatic rings. The highest BCUT2D eigenvalue weighted by Crippen LogP contribution is 2.35. The molecule has 0 aliphatic carbocycles. The Balaban J connectivity index is 2.48. The summed E-state index contributed by atoms with van der Waals surface area (Å²) in [6.45, 7) is 0. The molecule has 5 heteroatoms. The molecule has 0 bridgehead atoms. The summed E-state index contributed by atoms with van der Waals surface area (Å²) < 4.78 is 15.9. The first-order chi connectivity index (χ1) is 11.1. The van der Waals surface area contributed by atoms with E-state index < -0.39 is 0 Å². The quantitative estimate of drug-likeness (QED) is 0.762. The summed E-state index contributed by atoms with van der Waals surface area (Å²) in [6.07, 6.45) is 3.65. The van der Waals surface area contributed by atoms with Crippen molar-refractivity contribution in [3.63, 3.8) is 0 Å². The van der Waals surface area contributed by atoms with Crippen LogP contribution in [0.25, 0.3) is 12.2 Å². The van der Waals surface area contributed by atoms with Gasteiger partial charge in [-0.05, 0) is 17.7 Å². The average molecular weight is 330 g/mol. The van der Waals surface area contributed by atoms with Crippen molar-refractivity contribution in [2.45, 2.75) is 0 Å². The molecule has 0 saturated heterocycles. The Hall–Kier alpha value is -2.64. The van der Waals surface area contributed by atoms with E-state index in [1.54, 1.807) is 39.5 Å². The summed E-state index contributed by atoms with van der Waals surface area (Å²) in [5.74, 6) is 1.82. The van der Waals surface area contributed by atoms with Crippen molar-refractivity contribution in [2.24, 2.45) is 0 Å². The maximum Gasteiger partial charge on any atom is 0.164 e. The van der Waals surface area contributed by atoms with E-state index in [0.717, 1.165) is 11.1 Å². The van der Waals surface area contributed by atoms with Crippen LogP contribution in [-0.2, 0) is 0 Å². The third kappa shape index (κ3) is 3.58. The van der Waals surface area contributed by atoms with Crippen LogP contribution < -0.4 is 14.2 Å². The molecular weight excluding hydrogens is 314 g/mol. The van der Waals surface area contributed by atoms with Crippen molar-refractivity contribution in [3.8, 4) is 23.3 Å². The first-order valence-electron chi connectivity index (χ1n) is 6.81. The van der Waals surface area contributed by atoms with Crippen LogP contribution in [0.15, 0.2) is 30.3 Å². The Bertz CT molecular complexity index is 779. The number of halogens is 1. The monoisotopic (exact) mass is 329 g/mol. The molecule has 0 aliphatic heterocycles. The number of nitrogens with zero attached hydrogens (tertiary/aromatic N) is 1. The molecule has 2 aromatic rings. The predicted molar refractivity (Wildman–Crippen MR) is 91.2 cm³/mol. The van der Waals surface area contributed by atoms with E-state index in [1.807, 2.05) is 24.3 Å². The smallest absolute Gasteiger partial charge is 0.164 e. The van der Waals surface area contributed by atoms with Crippen LogP contribution in [0.5, 0.6) is 17.2 Å². The standard InChI is InChI=1S/C18H16ClNO3/c1-21-16-10-18(23-3)17(22-2)9-13(16)8-7-12-5-4-6-15(19)14(12)11-20/h4-10H,1-3H3. The Labute approximate surface area is 140 Å². The van der Waals surface area contributed by atoms with Crippen molar-refractivity contribution in [2.75, 3.05) is 21.3 Å². The highest BCUT2D eigenvalue weighted by Gasteiger charge is 2.10. The maximum atomic E-state index is 9.22. The number of hydrogen-bond donors (Lipinski definition) is 0. The van der Waals surface area contributed by atoms with Gasteiger partial charge in [0.2, 0.25) is 0 Å². The summed E-state index contributed by atoms with van der Waals surface area (Å²) in [5, 5.41) is 9.64. The molecule has 2 rings (SSSR count). The SMILES string of the molecule is COc1cc(OC)c(OC)cc1C=Cc1cccc(Cl)c1C#N. The highest BCUT2D eigenvalue weighted by molar-refractivity contribution is 6.32. The van der Waals surface area contributed by atoms with Crippen LogP contribution in [0, 0.1) is 11.3 Å². The Morgan fingerprint density at radius 3 is 2.13 bits per heavy atom. The normalized spacial score (nSPS) is 10.4. The van der Waals surface area contributed by atoms with Crippen molar-refractivity contribution in [3.05, 3.63) is 52.0 Å². The molecule has 0 atom stereocenters. The van der Waals surface area contributed by atoms with Crippen molar-refractivity contribution in [1.29, 1.82) is 5.26 Å². The fraction of sp³-hybridized carbons (Fsp3) is 0.167. The molecule has 118 valence electrons. The zero-order valence-corrected chi connectivity index (χ0v) is 13.8. The van der Waals surface area contributed by atoms with E-state index in [9.17, 15) is 5.26 Å². The van der Waals surface area contributed by atoms with E-state index in [2.05, 4.69) is 6.07 Å². The predicted octanol–water partition coefficient (Wildman–Crippen LogP) is 4.41. The molecule has 2 aromatic carbocycles. The van der Waals surface area contributed by atoms with Crippen LogP contribution in [0.3, 0.4) is 0 Å². The summed E-state index contributed by atoms with van der Waals surface area (Å²) >= 11 is 6.04. The molecule has 4 nitrogen and oxygen atoms in total. The van der Waals surface area contributed by atoms with Crippen molar-refractivity contribution >= 4 is 23.8 Å². The second-order valence-corrected chi connectivity index (χ2v) is 5.01. The molecule has 0 aromatic heterocycles. The fourth-order valence-electron chi connectivity index (χ4n) is 2.16. The number of hydrogen-bond acceptors (Lipinski definition) is 4. The zero-order valence-electron chi connectivity index (χ0n) is 13.1. The molecule has 0 heterocycles. The largest absolute Gasteiger partial charge is 0.496 e. The van der Waals surface area contributed by atoms with Gasteiger partial charge in [0.05, 0.1) is 31.9 Å². The summed E-state index contributed by atoms with van der Waals surface area (Å²) in [7, 11) is 4.72. The molecule has 0 fully saturated rings. The first kappa shape index (κ1) is 16.7. The van der Waals surface area contributed by atoms with E-state index in [4.69, 9.17) is 25.8 Å². The number of rotatable bonds is 5. The third-order valence-electron chi connectivity index (χ3n) is 3.34. The Kier molecular flexibility index (Phi) is 5.51. The van der Waals surface area contributed by atoms with Crippen LogP contribution in [-0.4, -0.2) is 21.3 Å². The number of benzene rings is 2. The molecule has 0 saturated carbocycles. The molecule has 0 N–H and O–H groups in total. The van der Waals surface area contributed by atoms with Crippen molar-refractivity contribution in [1.82, 2.24) is 0 Å². The van der Waals surface area contributed by atoms with Gasteiger partial charge in [-0.2, -0.15) is 5.26 Å². The van der Waals surface area contributed by atoms with Crippen LogP contribution in [0.1, 0.15) is 16.7 Å². The van der Waals surface area contributed by atoms with Gasteiger partial charge in [0.1, 0.15) is 11.8 Å². The third-order valence-corrected chi connectivity index (χ3v) is 3.65. The van der Waals surface area contributed by atoms with Gasteiger partial charge >= 0.3 is 0 Å². The lowest BCUT2D eigenvalue weighted by Crippen LogP contribution is -1.94. The lowest BCUT2D eigenvalue weighted by atomic mass is 10.1. The number of methoxy groups -OCH3 is 3. The average Bonchev–Trinajstić information content (AvgIpc) is 2.59. The fourth-order valence-corrected chi connectivity index (χ4v) is 2.38. The topological polar surface area (TPSA) is 51.5 Å². The van der Waals surface area contributed by atoms with Gasteiger partial charge in [0.25, 0.3) is 0 Å². The first-order valence-corrected chi connectivity index (χ1v) is 7.19. The maximum absolute atomic E-state index is 9.22. The number of ether oxygens (including phenoxy) is 3. The van der Waals surface area contributed by atoms with E-state index >= 15 is 0 Å². The molecule has 0 unspecified atom stereocenters. The van der Waals surface area contributed by atoms with E-state index in [-0.39, 0.29) is 0 Å². The van der Waals surface area contributed by atoms with Gasteiger partial charge in [0.15, 0.2) is 11.5 Å². The van der Waals surface area contributed by atoms with Gasteiger partial charge in [-0.1, -0.05) is 35.9 Å². The number of nitriles is 1. The molecule has 0 amide bonds. The van der Waals surface area contributed by atoms with Gasteiger partial charge in [-0.15, -0.1) is 0 Å².